The maximum absolute atomic E-state index is 11.6. The standard InChI is InChI=1S/C12H15N3O6/c1-7-3-4-8(5-9(7)15(20)21)14-11(18)13-6-12(2,19)10(16)17/h3-5,19H,6H2,1-2H3,(H,16,17)(H2,13,14,18). The first-order chi connectivity index (χ1) is 9.63. The Bertz CT molecular complexity index is 584. The van der Waals surface area contributed by atoms with Crippen LogP contribution in [0.1, 0.15) is 12.5 Å². The molecule has 1 rings (SSSR count). The highest BCUT2D eigenvalue weighted by atomic mass is 16.6. The molecule has 0 heterocycles. The molecule has 0 radical (unpaired) electrons. The zero-order valence-corrected chi connectivity index (χ0v) is 11.4. The lowest BCUT2D eigenvalue weighted by atomic mass is 10.1. The molecule has 9 heteroatoms. The van der Waals surface area contributed by atoms with Gasteiger partial charge in [0, 0.05) is 17.3 Å². The van der Waals surface area contributed by atoms with Crippen LogP contribution in [0.3, 0.4) is 0 Å². The quantitative estimate of drug-likeness (QED) is 0.469. The van der Waals surface area contributed by atoms with Gasteiger partial charge >= 0.3 is 12.0 Å². The van der Waals surface area contributed by atoms with Crippen molar-refractivity contribution in [2.45, 2.75) is 19.4 Å². The van der Waals surface area contributed by atoms with Gasteiger partial charge in [-0.3, -0.25) is 10.1 Å². The third kappa shape index (κ3) is 4.42. The summed E-state index contributed by atoms with van der Waals surface area (Å²) in [4.78, 5) is 32.4. The van der Waals surface area contributed by atoms with Gasteiger partial charge in [0.05, 0.1) is 11.5 Å². The number of benzene rings is 1. The van der Waals surface area contributed by atoms with E-state index in [0.29, 0.717) is 5.56 Å². The molecule has 0 spiro atoms. The minimum atomic E-state index is -2.10. The van der Waals surface area contributed by atoms with Crippen LogP contribution in [0.4, 0.5) is 16.2 Å². The van der Waals surface area contributed by atoms with Crippen molar-refractivity contribution in [3.63, 3.8) is 0 Å². The number of nitro groups is 1. The summed E-state index contributed by atoms with van der Waals surface area (Å²) >= 11 is 0. The van der Waals surface area contributed by atoms with E-state index in [1.165, 1.54) is 18.2 Å². The maximum atomic E-state index is 11.6. The average Bonchev–Trinajstić information content (AvgIpc) is 2.38. The average molecular weight is 297 g/mol. The van der Waals surface area contributed by atoms with Gasteiger partial charge in [-0.2, -0.15) is 0 Å². The van der Waals surface area contributed by atoms with Gasteiger partial charge in [0.1, 0.15) is 0 Å². The van der Waals surface area contributed by atoms with E-state index in [0.717, 1.165) is 6.92 Å². The molecule has 0 aromatic heterocycles. The number of nitrogens with one attached hydrogen (secondary N) is 2. The van der Waals surface area contributed by atoms with Crippen molar-refractivity contribution in [3.05, 3.63) is 33.9 Å². The molecule has 2 amide bonds. The van der Waals surface area contributed by atoms with Crippen molar-refractivity contribution in [2.24, 2.45) is 0 Å². The number of hydrogen-bond acceptors (Lipinski definition) is 5. The Balaban J connectivity index is 2.70. The van der Waals surface area contributed by atoms with Gasteiger partial charge in [0.2, 0.25) is 0 Å². The Morgan fingerprint density at radius 2 is 2.05 bits per heavy atom. The lowest BCUT2D eigenvalue weighted by Crippen LogP contribution is -2.47. The van der Waals surface area contributed by atoms with Crippen molar-refractivity contribution < 1.29 is 24.7 Å². The molecule has 1 aromatic carbocycles. The van der Waals surface area contributed by atoms with E-state index >= 15 is 0 Å². The number of carbonyl (C=O) groups excluding carboxylic acids is 1. The first kappa shape index (κ1) is 16.4. The van der Waals surface area contributed by atoms with E-state index in [9.17, 15) is 24.8 Å². The first-order valence-corrected chi connectivity index (χ1v) is 5.89. The summed E-state index contributed by atoms with van der Waals surface area (Å²) in [6, 6.07) is 3.34. The van der Waals surface area contributed by atoms with Crippen molar-refractivity contribution in [3.8, 4) is 0 Å². The van der Waals surface area contributed by atoms with Crippen molar-refractivity contribution in [1.82, 2.24) is 5.32 Å². The van der Waals surface area contributed by atoms with E-state index in [1.54, 1.807) is 6.92 Å². The summed E-state index contributed by atoms with van der Waals surface area (Å²) in [5.74, 6) is -1.48. The highest BCUT2D eigenvalue weighted by Gasteiger charge is 2.30. The molecule has 1 unspecified atom stereocenters. The Morgan fingerprint density at radius 1 is 1.43 bits per heavy atom. The Morgan fingerprint density at radius 3 is 2.57 bits per heavy atom. The van der Waals surface area contributed by atoms with Gasteiger partial charge in [-0.05, 0) is 19.9 Å². The number of aliphatic hydroxyl groups is 1. The summed E-state index contributed by atoms with van der Waals surface area (Å²) in [6.45, 7) is 2.08. The van der Waals surface area contributed by atoms with Crippen LogP contribution in [-0.4, -0.2) is 39.3 Å². The first-order valence-electron chi connectivity index (χ1n) is 5.89. The topological polar surface area (TPSA) is 142 Å². The predicted molar refractivity (Wildman–Crippen MR) is 73.1 cm³/mol. The fraction of sp³-hybridized carbons (Fsp3) is 0.333. The smallest absolute Gasteiger partial charge is 0.337 e. The monoisotopic (exact) mass is 297 g/mol. The van der Waals surface area contributed by atoms with Gasteiger partial charge in [0.25, 0.3) is 5.69 Å². The SMILES string of the molecule is Cc1ccc(NC(=O)NCC(C)(O)C(=O)O)cc1[N+](=O)[O-]. The number of aryl methyl sites for hydroxylation is 1. The molecule has 1 atom stereocenters. The van der Waals surface area contributed by atoms with Crippen LogP contribution in [0.2, 0.25) is 0 Å². The van der Waals surface area contributed by atoms with Crippen LogP contribution in [0.5, 0.6) is 0 Å². The van der Waals surface area contributed by atoms with Gasteiger partial charge < -0.3 is 20.8 Å². The molecule has 1 aromatic rings. The third-order valence-electron chi connectivity index (χ3n) is 2.72. The van der Waals surface area contributed by atoms with Crippen LogP contribution < -0.4 is 10.6 Å². The summed E-state index contributed by atoms with van der Waals surface area (Å²) in [5.41, 5.74) is -1.62. The summed E-state index contributed by atoms with van der Waals surface area (Å²) in [7, 11) is 0. The Kier molecular flexibility index (Phi) is 4.82. The second-order valence-corrected chi connectivity index (χ2v) is 4.65. The number of carboxylic acid groups (broad SMARTS) is 1. The number of carbonyl (C=O) groups is 2. The maximum Gasteiger partial charge on any atom is 0.337 e. The van der Waals surface area contributed by atoms with E-state index in [2.05, 4.69) is 10.6 Å². The molecule has 0 saturated carbocycles. The fourth-order valence-corrected chi connectivity index (χ4v) is 1.39. The van der Waals surface area contributed by atoms with Crippen LogP contribution in [0.25, 0.3) is 0 Å². The fourth-order valence-electron chi connectivity index (χ4n) is 1.39. The van der Waals surface area contributed by atoms with Crippen molar-refractivity contribution in [2.75, 3.05) is 11.9 Å². The van der Waals surface area contributed by atoms with Gasteiger partial charge in [-0.15, -0.1) is 0 Å². The van der Waals surface area contributed by atoms with Crippen LogP contribution >= 0.6 is 0 Å². The highest BCUT2D eigenvalue weighted by Crippen LogP contribution is 2.22. The van der Waals surface area contributed by atoms with Gasteiger partial charge in [-0.25, -0.2) is 9.59 Å². The van der Waals surface area contributed by atoms with Gasteiger partial charge in [0.15, 0.2) is 5.60 Å². The molecule has 0 bridgehead atoms. The minimum absolute atomic E-state index is 0.148. The second-order valence-electron chi connectivity index (χ2n) is 4.65. The van der Waals surface area contributed by atoms with E-state index < -0.39 is 29.1 Å². The van der Waals surface area contributed by atoms with Crippen LogP contribution in [-0.2, 0) is 4.79 Å². The lowest BCUT2D eigenvalue weighted by Gasteiger charge is -2.18. The molecule has 21 heavy (non-hydrogen) atoms. The number of amides is 2. The molecular formula is C12H15N3O6. The number of nitrogens with zero attached hydrogens (tertiary/aromatic N) is 1. The molecule has 114 valence electrons. The largest absolute Gasteiger partial charge is 0.479 e. The van der Waals surface area contributed by atoms with E-state index in [-0.39, 0.29) is 11.4 Å². The molecule has 0 aliphatic rings. The number of aliphatic carboxylic acids is 1. The van der Waals surface area contributed by atoms with Crippen molar-refractivity contribution >= 4 is 23.4 Å². The number of hydrogen-bond donors (Lipinski definition) is 4. The molecule has 4 N–H and O–H groups in total. The molecule has 0 fully saturated rings. The Hall–Kier alpha value is -2.68. The van der Waals surface area contributed by atoms with Gasteiger partial charge in [-0.1, -0.05) is 6.07 Å². The number of urea groups is 1. The van der Waals surface area contributed by atoms with Crippen LogP contribution in [0.15, 0.2) is 18.2 Å². The third-order valence-corrected chi connectivity index (χ3v) is 2.72. The molecular weight excluding hydrogens is 282 g/mol. The Labute approximate surface area is 119 Å². The van der Waals surface area contributed by atoms with E-state index in [1.807, 2.05) is 0 Å². The second kappa shape index (κ2) is 6.18. The zero-order valence-electron chi connectivity index (χ0n) is 11.4. The number of carboxylic acids is 1. The molecule has 0 aliphatic heterocycles. The number of nitro benzene ring substituents is 1. The lowest BCUT2D eigenvalue weighted by molar-refractivity contribution is -0.385. The van der Waals surface area contributed by atoms with Crippen molar-refractivity contribution in [1.29, 1.82) is 0 Å². The predicted octanol–water partition coefficient (Wildman–Crippen LogP) is 0.860. The minimum Gasteiger partial charge on any atom is -0.479 e. The molecule has 0 aliphatic carbocycles. The molecule has 0 saturated heterocycles. The number of anilines is 1. The number of rotatable bonds is 5. The summed E-state index contributed by atoms with van der Waals surface area (Å²) < 4.78 is 0. The normalized spacial score (nSPS) is 13.1. The summed E-state index contributed by atoms with van der Waals surface area (Å²) in [6.07, 6.45) is 0. The van der Waals surface area contributed by atoms with E-state index in [4.69, 9.17) is 5.11 Å². The van der Waals surface area contributed by atoms with Crippen LogP contribution in [0, 0.1) is 17.0 Å². The molecule has 9 nitrogen and oxygen atoms in total. The highest BCUT2D eigenvalue weighted by molar-refractivity contribution is 5.90. The summed E-state index contributed by atoms with van der Waals surface area (Å²) in [5, 5.41) is 33.4. The zero-order chi connectivity index (χ0) is 16.2.